The average Bonchev–Trinajstić information content (AvgIpc) is 2.10. The fraction of sp³-hybridized carbons (Fsp3) is 0.250. The zero-order valence-electron chi connectivity index (χ0n) is 6.93. The lowest BCUT2D eigenvalue weighted by molar-refractivity contribution is 0.620. The number of hydrogen-bond donors (Lipinski definition) is 3. The molecule has 6 N–H and O–H groups in total. The number of anilines is 1. The van der Waals surface area contributed by atoms with Gasteiger partial charge >= 0.3 is 0 Å². The molecule has 5 heteroatoms. The largest absolute Gasteiger partial charge is 0.397 e. The number of nitrogen functional groups attached to an aromatic ring is 1. The van der Waals surface area contributed by atoms with Gasteiger partial charge in [-0.1, -0.05) is 11.6 Å². The molecule has 0 spiro atoms. The molecule has 0 saturated carbocycles. The Kier molecular flexibility index (Phi) is 3.08. The molecule has 1 aromatic carbocycles. The predicted molar refractivity (Wildman–Crippen MR) is 51.8 cm³/mol. The van der Waals surface area contributed by atoms with Crippen molar-refractivity contribution < 1.29 is 4.39 Å². The second kappa shape index (κ2) is 3.91. The Labute approximate surface area is 80.6 Å². The molecule has 1 atom stereocenters. The molecule has 0 aromatic heterocycles. The Bertz CT molecular complexity index is 317. The van der Waals surface area contributed by atoms with Crippen LogP contribution in [0.5, 0.6) is 0 Å². The average molecular weight is 204 g/mol. The van der Waals surface area contributed by atoms with Gasteiger partial charge < -0.3 is 17.2 Å². The van der Waals surface area contributed by atoms with Crippen LogP contribution in [0, 0.1) is 5.82 Å². The van der Waals surface area contributed by atoms with Gasteiger partial charge in [-0.2, -0.15) is 0 Å². The first-order chi connectivity index (χ1) is 6.06. The number of halogens is 2. The minimum absolute atomic E-state index is 0.166. The smallest absolute Gasteiger partial charge is 0.125 e. The molecule has 1 rings (SSSR count). The highest BCUT2D eigenvalue weighted by molar-refractivity contribution is 6.33. The lowest BCUT2D eigenvalue weighted by Gasteiger charge is -2.13. The maximum Gasteiger partial charge on any atom is 0.125 e. The van der Waals surface area contributed by atoms with E-state index < -0.39 is 11.9 Å². The Morgan fingerprint density at radius 1 is 1.46 bits per heavy atom. The molecule has 0 aliphatic rings. The highest BCUT2D eigenvalue weighted by Crippen LogP contribution is 2.27. The van der Waals surface area contributed by atoms with Crippen molar-refractivity contribution in [2.75, 3.05) is 12.3 Å². The van der Waals surface area contributed by atoms with Crippen LogP contribution < -0.4 is 17.2 Å². The third kappa shape index (κ3) is 2.09. The van der Waals surface area contributed by atoms with Crippen molar-refractivity contribution in [3.8, 4) is 0 Å². The standard InChI is InChI=1S/C8H11ClFN3/c9-6-2-4(10)1-5(8(6)13)7(12)3-11/h1-2,7H,3,11-13H2/t7-/m1/s1. The van der Waals surface area contributed by atoms with Gasteiger partial charge in [-0.05, 0) is 17.7 Å². The van der Waals surface area contributed by atoms with Gasteiger partial charge in [0.15, 0.2) is 0 Å². The first-order valence-electron chi connectivity index (χ1n) is 3.76. The molecule has 0 heterocycles. The van der Waals surface area contributed by atoms with E-state index in [0.29, 0.717) is 11.3 Å². The summed E-state index contributed by atoms with van der Waals surface area (Å²) < 4.78 is 12.9. The van der Waals surface area contributed by atoms with E-state index in [2.05, 4.69) is 0 Å². The third-order valence-corrected chi connectivity index (χ3v) is 2.09. The van der Waals surface area contributed by atoms with E-state index >= 15 is 0 Å². The monoisotopic (exact) mass is 203 g/mol. The second-order valence-electron chi connectivity index (χ2n) is 2.73. The maximum absolute atomic E-state index is 12.9. The van der Waals surface area contributed by atoms with Crippen LogP contribution in [0.2, 0.25) is 5.02 Å². The number of nitrogens with two attached hydrogens (primary N) is 3. The molecular formula is C8H11ClFN3. The fourth-order valence-electron chi connectivity index (χ4n) is 1.04. The quantitative estimate of drug-likeness (QED) is 0.628. The zero-order chi connectivity index (χ0) is 10.0. The van der Waals surface area contributed by atoms with Crippen LogP contribution in [0.15, 0.2) is 12.1 Å². The molecule has 3 nitrogen and oxygen atoms in total. The third-order valence-electron chi connectivity index (χ3n) is 1.78. The molecule has 1 aromatic rings. The summed E-state index contributed by atoms with van der Waals surface area (Å²) in [4.78, 5) is 0. The van der Waals surface area contributed by atoms with E-state index in [1.807, 2.05) is 0 Å². The van der Waals surface area contributed by atoms with Gasteiger partial charge in [-0.15, -0.1) is 0 Å². The minimum atomic E-state index is -0.479. The predicted octanol–water partition coefficient (Wildman–Crippen LogP) is 1.02. The molecule has 0 bridgehead atoms. The summed E-state index contributed by atoms with van der Waals surface area (Å²) in [6.07, 6.45) is 0. The summed E-state index contributed by atoms with van der Waals surface area (Å²) in [6.45, 7) is 0.198. The van der Waals surface area contributed by atoms with Crippen LogP contribution in [0.4, 0.5) is 10.1 Å². The molecule has 0 unspecified atom stereocenters. The van der Waals surface area contributed by atoms with Crippen molar-refractivity contribution >= 4 is 17.3 Å². The molecular weight excluding hydrogens is 193 g/mol. The van der Waals surface area contributed by atoms with Crippen molar-refractivity contribution in [3.05, 3.63) is 28.5 Å². The molecule has 0 aliphatic carbocycles. The Morgan fingerprint density at radius 2 is 2.08 bits per heavy atom. The fourth-order valence-corrected chi connectivity index (χ4v) is 1.25. The summed E-state index contributed by atoms with van der Waals surface area (Å²) in [6, 6.07) is 1.91. The van der Waals surface area contributed by atoms with Gasteiger partial charge in [0.1, 0.15) is 5.82 Å². The number of rotatable bonds is 2. The van der Waals surface area contributed by atoms with Crippen LogP contribution in [-0.4, -0.2) is 6.54 Å². The van der Waals surface area contributed by atoms with E-state index in [-0.39, 0.29) is 11.6 Å². The van der Waals surface area contributed by atoms with Crippen LogP contribution in [0.1, 0.15) is 11.6 Å². The molecule has 0 radical (unpaired) electrons. The van der Waals surface area contributed by atoms with E-state index in [0.717, 1.165) is 6.07 Å². The van der Waals surface area contributed by atoms with Gasteiger partial charge in [0.25, 0.3) is 0 Å². The van der Waals surface area contributed by atoms with Crippen LogP contribution in [0.25, 0.3) is 0 Å². The van der Waals surface area contributed by atoms with E-state index in [1.54, 1.807) is 0 Å². The van der Waals surface area contributed by atoms with Gasteiger partial charge in [0.05, 0.1) is 10.7 Å². The van der Waals surface area contributed by atoms with Gasteiger partial charge in [0.2, 0.25) is 0 Å². The molecule has 0 saturated heterocycles. The first-order valence-corrected chi connectivity index (χ1v) is 4.14. The Hall–Kier alpha value is -0.840. The summed E-state index contributed by atoms with van der Waals surface area (Å²) in [5.74, 6) is -0.460. The Balaban J connectivity index is 3.20. The molecule has 0 amide bonds. The van der Waals surface area contributed by atoms with E-state index in [1.165, 1.54) is 6.07 Å². The normalized spacial score (nSPS) is 12.9. The number of benzene rings is 1. The van der Waals surface area contributed by atoms with E-state index in [9.17, 15) is 4.39 Å². The second-order valence-corrected chi connectivity index (χ2v) is 3.14. The minimum Gasteiger partial charge on any atom is -0.397 e. The molecule has 72 valence electrons. The van der Waals surface area contributed by atoms with Crippen molar-refractivity contribution in [1.29, 1.82) is 0 Å². The number of hydrogen-bond acceptors (Lipinski definition) is 3. The van der Waals surface area contributed by atoms with Gasteiger partial charge in [0, 0.05) is 12.6 Å². The first kappa shape index (κ1) is 10.2. The SMILES string of the molecule is NC[C@@H](N)c1cc(F)cc(Cl)c1N. The molecule has 13 heavy (non-hydrogen) atoms. The van der Waals surface area contributed by atoms with Gasteiger partial charge in [-0.3, -0.25) is 0 Å². The molecule has 0 fully saturated rings. The topological polar surface area (TPSA) is 78.1 Å². The van der Waals surface area contributed by atoms with E-state index in [4.69, 9.17) is 28.8 Å². The Morgan fingerprint density at radius 3 is 2.62 bits per heavy atom. The summed E-state index contributed by atoms with van der Waals surface area (Å²) >= 11 is 5.66. The van der Waals surface area contributed by atoms with Crippen LogP contribution in [-0.2, 0) is 0 Å². The van der Waals surface area contributed by atoms with Crippen molar-refractivity contribution in [1.82, 2.24) is 0 Å². The van der Waals surface area contributed by atoms with Gasteiger partial charge in [-0.25, -0.2) is 4.39 Å². The summed E-state index contributed by atoms with van der Waals surface area (Å²) in [5, 5.41) is 0.166. The van der Waals surface area contributed by atoms with Crippen molar-refractivity contribution in [2.45, 2.75) is 6.04 Å². The summed E-state index contributed by atoms with van der Waals surface area (Å²) in [5.41, 5.74) is 17.3. The summed E-state index contributed by atoms with van der Waals surface area (Å²) in [7, 11) is 0. The highest BCUT2D eigenvalue weighted by atomic mass is 35.5. The van der Waals surface area contributed by atoms with Crippen LogP contribution >= 0.6 is 11.6 Å². The molecule has 0 aliphatic heterocycles. The van der Waals surface area contributed by atoms with Crippen molar-refractivity contribution in [2.24, 2.45) is 11.5 Å². The lowest BCUT2D eigenvalue weighted by Crippen LogP contribution is -2.22. The zero-order valence-corrected chi connectivity index (χ0v) is 7.68. The van der Waals surface area contributed by atoms with Crippen molar-refractivity contribution in [3.63, 3.8) is 0 Å². The highest BCUT2D eigenvalue weighted by Gasteiger charge is 2.12. The maximum atomic E-state index is 12.9. The van der Waals surface area contributed by atoms with Crippen LogP contribution in [0.3, 0.4) is 0 Å². The lowest BCUT2D eigenvalue weighted by atomic mass is 10.1.